The van der Waals surface area contributed by atoms with Crippen molar-refractivity contribution in [2.24, 2.45) is 5.92 Å². The number of ether oxygens (including phenoxy) is 1. The maximum Gasteiger partial charge on any atom is 0.212 e. The molecule has 6 heteroatoms. The Morgan fingerprint density at radius 1 is 1.60 bits per heavy atom. The van der Waals surface area contributed by atoms with Gasteiger partial charge in [0, 0.05) is 19.8 Å². The van der Waals surface area contributed by atoms with Gasteiger partial charge in [-0.05, 0) is 18.8 Å². The van der Waals surface area contributed by atoms with Crippen molar-refractivity contribution in [3.63, 3.8) is 0 Å². The fourth-order valence-electron chi connectivity index (χ4n) is 1.51. The molecule has 0 saturated carbocycles. The van der Waals surface area contributed by atoms with Gasteiger partial charge in [-0.2, -0.15) is 0 Å². The van der Waals surface area contributed by atoms with Crippen LogP contribution in [0.3, 0.4) is 0 Å². The highest BCUT2D eigenvalue weighted by atomic mass is 32.2. The molecule has 0 amide bonds. The zero-order chi connectivity index (χ0) is 11.3. The molecule has 2 unspecified atom stereocenters. The highest BCUT2D eigenvalue weighted by Crippen LogP contribution is 2.11. The number of sulfonamides is 1. The van der Waals surface area contributed by atoms with Crippen molar-refractivity contribution in [3.8, 4) is 0 Å². The largest absolute Gasteiger partial charge is 0.396 e. The predicted octanol–water partition coefficient (Wildman–Crippen LogP) is -0.287. The van der Waals surface area contributed by atoms with Gasteiger partial charge >= 0.3 is 0 Å². The van der Waals surface area contributed by atoms with Gasteiger partial charge in [0.05, 0.1) is 11.9 Å². The minimum absolute atomic E-state index is 0.0178. The van der Waals surface area contributed by atoms with Crippen LogP contribution in [0.1, 0.15) is 19.8 Å². The van der Waals surface area contributed by atoms with Gasteiger partial charge in [0.15, 0.2) is 0 Å². The third kappa shape index (κ3) is 4.92. The van der Waals surface area contributed by atoms with Gasteiger partial charge in [0.2, 0.25) is 10.0 Å². The molecule has 0 aromatic carbocycles. The van der Waals surface area contributed by atoms with Gasteiger partial charge in [-0.3, -0.25) is 0 Å². The van der Waals surface area contributed by atoms with Gasteiger partial charge in [-0.15, -0.1) is 0 Å². The lowest BCUT2D eigenvalue weighted by Gasteiger charge is -2.13. The Morgan fingerprint density at radius 2 is 2.33 bits per heavy atom. The monoisotopic (exact) mass is 237 g/mol. The van der Waals surface area contributed by atoms with Gasteiger partial charge in [-0.1, -0.05) is 6.92 Å². The number of nitrogens with one attached hydrogen (secondary N) is 1. The molecule has 0 radical (unpaired) electrons. The molecule has 0 aliphatic carbocycles. The highest BCUT2D eigenvalue weighted by Gasteiger charge is 2.20. The van der Waals surface area contributed by atoms with E-state index in [1.807, 2.05) is 0 Å². The summed E-state index contributed by atoms with van der Waals surface area (Å²) in [5, 5.41) is 8.76. The Kier molecular flexibility index (Phi) is 4.98. The molecule has 90 valence electrons. The lowest BCUT2D eigenvalue weighted by atomic mass is 10.2. The second kappa shape index (κ2) is 5.79. The number of hydrogen-bond acceptors (Lipinski definition) is 4. The molecule has 1 saturated heterocycles. The Labute approximate surface area is 90.9 Å². The van der Waals surface area contributed by atoms with Crippen molar-refractivity contribution in [2.75, 3.05) is 25.5 Å². The quantitative estimate of drug-likeness (QED) is 0.666. The Balaban J connectivity index is 2.29. The first kappa shape index (κ1) is 12.9. The summed E-state index contributed by atoms with van der Waals surface area (Å²) in [6.45, 7) is 2.66. The van der Waals surface area contributed by atoms with Crippen molar-refractivity contribution < 1.29 is 18.3 Å². The van der Waals surface area contributed by atoms with E-state index in [1.165, 1.54) is 0 Å². The molecule has 15 heavy (non-hydrogen) atoms. The van der Waals surface area contributed by atoms with E-state index in [1.54, 1.807) is 6.92 Å². The summed E-state index contributed by atoms with van der Waals surface area (Å²) in [5.74, 6) is -0.261. The maximum atomic E-state index is 11.5. The van der Waals surface area contributed by atoms with Crippen LogP contribution >= 0.6 is 0 Å². The van der Waals surface area contributed by atoms with Crippen LogP contribution in [0.4, 0.5) is 0 Å². The third-order valence-electron chi connectivity index (χ3n) is 2.37. The standard InChI is InChI=1S/C9H19NO4S/c1-8(6-11)7-15(12,13)10-5-9-3-2-4-14-9/h8-11H,2-7H2,1H3. The summed E-state index contributed by atoms with van der Waals surface area (Å²) in [7, 11) is -3.27. The molecule has 0 aromatic heterocycles. The second-order valence-corrected chi connectivity index (χ2v) is 5.90. The first-order valence-corrected chi connectivity index (χ1v) is 6.88. The first-order chi connectivity index (χ1) is 7.03. The second-order valence-electron chi connectivity index (χ2n) is 4.05. The van der Waals surface area contributed by atoms with Crippen LogP contribution in [-0.4, -0.2) is 45.1 Å². The van der Waals surface area contributed by atoms with Crippen molar-refractivity contribution in [2.45, 2.75) is 25.9 Å². The van der Waals surface area contributed by atoms with Crippen LogP contribution in [0.25, 0.3) is 0 Å². The summed E-state index contributed by atoms with van der Waals surface area (Å²) in [4.78, 5) is 0. The van der Waals surface area contributed by atoms with Crippen LogP contribution in [0.5, 0.6) is 0 Å². The summed E-state index contributed by atoms with van der Waals surface area (Å²) < 4.78 is 30.8. The van der Waals surface area contributed by atoms with Crippen LogP contribution in [0.15, 0.2) is 0 Å². The summed E-state index contributed by atoms with van der Waals surface area (Å²) >= 11 is 0. The number of aliphatic hydroxyl groups is 1. The van der Waals surface area contributed by atoms with E-state index < -0.39 is 10.0 Å². The average molecular weight is 237 g/mol. The Morgan fingerprint density at radius 3 is 2.87 bits per heavy atom. The van der Waals surface area contributed by atoms with Crippen LogP contribution < -0.4 is 4.72 Å². The third-order valence-corrected chi connectivity index (χ3v) is 3.98. The Hall–Kier alpha value is -0.170. The van der Waals surface area contributed by atoms with Crippen molar-refractivity contribution >= 4 is 10.0 Å². The van der Waals surface area contributed by atoms with E-state index in [4.69, 9.17) is 9.84 Å². The lowest BCUT2D eigenvalue weighted by Crippen LogP contribution is -2.35. The summed E-state index contributed by atoms with van der Waals surface area (Å²) in [6.07, 6.45) is 1.93. The van der Waals surface area contributed by atoms with Crippen LogP contribution in [-0.2, 0) is 14.8 Å². The number of aliphatic hydroxyl groups excluding tert-OH is 1. The molecule has 5 nitrogen and oxygen atoms in total. The minimum atomic E-state index is -3.27. The predicted molar refractivity (Wildman–Crippen MR) is 57.0 cm³/mol. The average Bonchev–Trinajstić information content (AvgIpc) is 2.66. The molecule has 1 aliphatic heterocycles. The molecule has 1 fully saturated rings. The topological polar surface area (TPSA) is 75.6 Å². The van der Waals surface area contributed by atoms with E-state index in [2.05, 4.69) is 4.72 Å². The Bertz CT molecular complexity index is 272. The number of hydrogen-bond donors (Lipinski definition) is 2. The molecule has 0 bridgehead atoms. The summed E-state index contributed by atoms with van der Waals surface area (Å²) in [5.41, 5.74) is 0. The van der Waals surface area contributed by atoms with E-state index in [-0.39, 0.29) is 24.4 Å². The normalized spacial score (nSPS) is 24.3. The lowest BCUT2D eigenvalue weighted by molar-refractivity contribution is 0.114. The minimum Gasteiger partial charge on any atom is -0.396 e. The van der Waals surface area contributed by atoms with Crippen LogP contribution in [0.2, 0.25) is 0 Å². The fourth-order valence-corrected chi connectivity index (χ4v) is 2.92. The van der Waals surface area contributed by atoms with Crippen molar-refractivity contribution in [3.05, 3.63) is 0 Å². The van der Waals surface area contributed by atoms with E-state index in [0.29, 0.717) is 6.54 Å². The maximum absolute atomic E-state index is 11.5. The van der Waals surface area contributed by atoms with Crippen molar-refractivity contribution in [1.29, 1.82) is 0 Å². The SMILES string of the molecule is CC(CO)CS(=O)(=O)NCC1CCCO1. The molecule has 0 spiro atoms. The molecule has 2 atom stereocenters. The number of rotatable bonds is 6. The van der Waals surface area contributed by atoms with E-state index in [9.17, 15) is 8.42 Å². The zero-order valence-electron chi connectivity index (χ0n) is 8.98. The van der Waals surface area contributed by atoms with Crippen molar-refractivity contribution in [1.82, 2.24) is 4.72 Å². The van der Waals surface area contributed by atoms with Gasteiger partial charge in [0.25, 0.3) is 0 Å². The van der Waals surface area contributed by atoms with E-state index in [0.717, 1.165) is 19.4 Å². The highest BCUT2D eigenvalue weighted by molar-refractivity contribution is 7.89. The molecule has 1 heterocycles. The van der Waals surface area contributed by atoms with E-state index >= 15 is 0 Å². The smallest absolute Gasteiger partial charge is 0.212 e. The first-order valence-electron chi connectivity index (χ1n) is 5.23. The van der Waals surface area contributed by atoms with Gasteiger partial charge in [-0.25, -0.2) is 13.1 Å². The fraction of sp³-hybridized carbons (Fsp3) is 1.00. The zero-order valence-corrected chi connectivity index (χ0v) is 9.79. The molecule has 0 aromatic rings. The molecular formula is C9H19NO4S. The molecule has 1 aliphatic rings. The van der Waals surface area contributed by atoms with Crippen LogP contribution in [0, 0.1) is 5.92 Å². The molecular weight excluding hydrogens is 218 g/mol. The molecule has 2 N–H and O–H groups in total. The molecule has 1 rings (SSSR count). The van der Waals surface area contributed by atoms with Gasteiger partial charge < -0.3 is 9.84 Å². The van der Waals surface area contributed by atoms with Gasteiger partial charge in [0.1, 0.15) is 0 Å². The summed E-state index contributed by atoms with van der Waals surface area (Å²) in [6, 6.07) is 0.